The second-order valence-electron chi connectivity index (χ2n) is 5.82. The van der Waals surface area contributed by atoms with E-state index in [1.54, 1.807) is 15.9 Å². The first-order chi connectivity index (χ1) is 11.4. The van der Waals surface area contributed by atoms with Crippen LogP contribution in [0.3, 0.4) is 0 Å². The van der Waals surface area contributed by atoms with Crippen molar-refractivity contribution in [2.75, 3.05) is 6.54 Å². The third kappa shape index (κ3) is 3.83. The Bertz CT molecular complexity index is 795. The number of amides is 1. The monoisotopic (exact) mass is 367 g/mol. The maximum atomic E-state index is 13.0. The second kappa shape index (κ2) is 8.16. The van der Waals surface area contributed by atoms with E-state index in [-0.39, 0.29) is 16.7 Å². The van der Waals surface area contributed by atoms with Gasteiger partial charge in [0.1, 0.15) is 4.83 Å². The Morgan fingerprint density at radius 1 is 1.38 bits per heavy atom. The SMILES string of the molecule is CCCCn1c(S[C@@H](C)C(=O)NCC)nc2sc(C)c(C)c2c1=O. The molecule has 132 valence electrons. The predicted octanol–water partition coefficient (Wildman–Crippen LogP) is 3.49. The van der Waals surface area contributed by atoms with Crippen LogP contribution in [0.1, 0.15) is 44.1 Å². The minimum absolute atomic E-state index is 0.0147. The third-order valence-corrected chi connectivity index (χ3v) is 6.18. The van der Waals surface area contributed by atoms with Gasteiger partial charge in [-0.05, 0) is 39.7 Å². The molecule has 0 aliphatic heterocycles. The molecule has 2 heterocycles. The van der Waals surface area contributed by atoms with Gasteiger partial charge in [-0.25, -0.2) is 4.98 Å². The lowest BCUT2D eigenvalue weighted by Gasteiger charge is -2.15. The standard InChI is InChI=1S/C17H25N3O2S2/c1-6-8-9-20-16(22)13-10(3)11(4)23-15(13)19-17(20)24-12(5)14(21)18-7-2/h12H,6-9H2,1-5H3,(H,18,21)/t12-/m0/s1. The Balaban J connectivity index is 2.50. The number of aryl methyl sites for hydroxylation is 2. The van der Waals surface area contributed by atoms with Gasteiger partial charge in [0.25, 0.3) is 5.56 Å². The lowest BCUT2D eigenvalue weighted by atomic mass is 10.2. The van der Waals surface area contributed by atoms with E-state index in [9.17, 15) is 9.59 Å². The van der Waals surface area contributed by atoms with Crippen molar-refractivity contribution in [1.82, 2.24) is 14.9 Å². The molecule has 0 unspecified atom stereocenters. The molecular weight excluding hydrogens is 342 g/mol. The summed E-state index contributed by atoms with van der Waals surface area (Å²) in [5.74, 6) is -0.0302. The van der Waals surface area contributed by atoms with Crippen molar-refractivity contribution < 1.29 is 4.79 Å². The first-order valence-electron chi connectivity index (χ1n) is 8.35. The highest BCUT2D eigenvalue weighted by Crippen LogP contribution is 2.29. The van der Waals surface area contributed by atoms with Crippen LogP contribution in [0.15, 0.2) is 9.95 Å². The molecule has 5 nitrogen and oxygen atoms in total. The van der Waals surface area contributed by atoms with E-state index in [0.29, 0.717) is 18.2 Å². The van der Waals surface area contributed by atoms with Crippen molar-refractivity contribution in [3.63, 3.8) is 0 Å². The van der Waals surface area contributed by atoms with Crippen LogP contribution in [0.2, 0.25) is 0 Å². The van der Waals surface area contributed by atoms with E-state index in [0.717, 1.165) is 33.5 Å². The van der Waals surface area contributed by atoms with Gasteiger partial charge in [-0.15, -0.1) is 11.3 Å². The van der Waals surface area contributed by atoms with E-state index in [2.05, 4.69) is 12.2 Å². The van der Waals surface area contributed by atoms with E-state index < -0.39 is 0 Å². The van der Waals surface area contributed by atoms with Crippen molar-refractivity contribution in [3.05, 3.63) is 20.8 Å². The van der Waals surface area contributed by atoms with Gasteiger partial charge in [0.2, 0.25) is 5.91 Å². The number of fused-ring (bicyclic) bond motifs is 1. The molecule has 0 radical (unpaired) electrons. The summed E-state index contributed by atoms with van der Waals surface area (Å²) >= 11 is 2.91. The molecule has 0 saturated heterocycles. The average molecular weight is 368 g/mol. The molecule has 0 bridgehead atoms. The van der Waals surface area contributed by atoms with E-state index >= 15 is 0 Å². The van der Waals surface area contributed by atoms with Crippen LogP contribution in [0.25, 0.3) is 10.2 Å². The normalized spacial score (nSPS) is 12.5. The van der Waals surface area contributed by atoms with Crippen LogP contribution in [0.4, 0.5) is 0 Å². The summed E-state index contributed by atoms with van der Waals surface area (Å²) in [5, 5.41) is 3.90. The van der Waals surface area contributed by atoms with Gasteiger partial charge in [-0.2, -0.15) is 0 Å². The molecule has 2 rings (SSSR count). The minimum Gasteiger partial charge on any atom is -0.355 e. The Morgan fingerprint density at radius 3 is 2.71 bits per heavy atom. The number of nitrogens with one attached hydrogen (secondary N) is 1. The Labute approximate surface area is 150 Å². The number of thioether (sulfide) groups is 1. The highest BCUT2D eigenvalue weighted by Gasteiger charge is 2.21. The molecule has 0 aliphatic carbocycles. The number of carbonyl (C=O) groups excluding carboxylic acids is 1. The van der Waals surface area contributed by atoms with Gasteiger partial charge >= 0.3 is 0 Å². The summed E-state index contributed by atoms with van der Waals surface area (Å²) in [4.78, 5) is 31.6. The maximum absolute atomic E-state index is 13.0. The number of unbranched alkanes of at least 4 members (excludes halogenated alkanes) is 1. The quantitative estimate of drug-likeness (QED) is 0.601. The van der Waals surface area contributed by atoms with Crippen LogP contribution in [-0.2, 0) is 11.3 Å². The largest absolute Gasteiger partial charge is 0.355 e. The summed E-state index contributed by atoms with van der Waals surface area (Å²) in [6.45, 7) is 11.1. The molecular formula is C17H25N3O2S2. The van der Waals surface area contributed by atoms with Crippen LogP contribution in [0, 0.1) is 13.8 Å². The third-order valence-electron chi connectivity index (χ3n) is 3.99. The Morgan fingerprint density at radius 2 is 2.08 bits per heavy atom. The summed E-state index contributed by atoms with van der Waals surface area (Å²) < 4.78 is 1.74. The fourth-order valence-electron chi connectivity index (χ4n) is 2.44. The molecule has 0 aliphatic rings. The van der Waals surface area contributed by atoms with Gasteiger partial charge in [-0.1, -0.05) is 25.1 Å². The number of hydrogen-bond acceptors (Lipinski definition) is 5. The topological polar surface area (TPSA) is 64.0 Å². The van der Waals surface area contributed by atoms with Gasteiger partial charge in [0.15, 0.2) is 5.16 Å². The van der Waals surface area contributed by atoms with Crippen LogP contribution in [0.5, 0.6) is 0 Å². The van der Waals surface area contributed by atoms with Crippen molar-refractivity contribution in [3.8, 4) is 0 Å². The van der Waals surface area contributed by atoms with E-state index in [1.807, 2.05) is 27.7 Å². The second-order valence-corrected chi connectivity index (χ2v) is 8.33. The van der Waals surface area contributed by atoms with Gasteiger partial charge in [0.05, 0.1) is 10.6 Å². The molecule has 1 N–H and O–H groups in total. The number of carbonyl (C=O) groups is 1. The van der Waals surface area contributed by atoms with Gasteiger partial charge in [-0.3, -0.25) is 14.2 Å². The van der Waals surface area contributed by atoms with Gasteiger partial charge in [0, 0.05) is 18.0 Å². The first kappa shape index (κ1) is 19.0. The zero-order chi connectivity index (χ0) is 17.9. The van der Waals surface area contributed by atoms with Crippen LogP contribution < -0.4 is 10.9 Å². The molecule has 0 spiro atoms. The molecule has 0 fully saturated rings. The minimum atomic E-state index is -0.288. The number of hydrogen-bond donors (Lipinski definition) is 1. The van der Waals surface area contributed by atoms with Crippen LogP contribution >= 0.6 is 23.1 Å². The zero-order valence-electron chi connectivity index (χ0n) is 14.9. The summed E-state index contributed by atoms with van der Waals surface area (Å²) in [7, 11) is 0. The zero-order valence-corrected chi connectivity index (χ0v) is 16.6. The van der Waals surface area contributed by atoms with Crippen molar-refractivity contribution in [2.45, 2.75) is 64.4 Å². The van der Waals surface area contributed by atoms with Crippen molar-refractivity contribution >= 4 is 39.2 Å². The highest BCUT2D eigenvalue weighted by atomic mass is 32.2. The maximum Gasteiger partial charge on any atom is 0.263 e. The summed E-state index contributed by atoms with van der Waals surface area (Å²) in [6.07, 6.45) is 1.92. The first-order valence-corrected chi connectivity index (χ1v) is 10.0. The fourth-order valence-corrected chi connectivity index (χ4v) is 4.47. The molecule has 24 heavy (non-hydrogen) atoms. The highest BCUT2D eigenvalue weighted by molar-refractivity contribution is 8.00. The van der Waals surface area contributed by atoms with E-state index in [1.165, 1.54) is 11.8 Å². The number of thiophene rings is 1. The fraction of sp³-hybridized carbons (Fsp3) is 0.588. The Hall–Kier alpha value is -1.34. The van der Waals surface area contributed by atoms with Gasteiger partial charge < -0.3 is 5.32 Å². The summed E-state index contributed by atoms with van der Waals surface area (Å²) in [6, 6.07) is 0. The molecule has 1 atom stereocenters. The van der Waals surface area contributed by atoms with Crippen molar-refractivity contribution in [2.24, 2.45) is 0 Å². The lowest BCUT2D eigenvalue weighted by molar-refractivity contribution is -0.120. The number of nitrogens with zero attached hydrogens (tertiary/aromatic N) is 2. The van der Waals surface area contributed by atoms with Crippen molar-refractivity contribution in [1.29, 1.82) is 0 Å². The smallest absolute Gasteiger partial charge is 0.263 e. The molecule has 1 amide bonds. The number of rotatable bonds is 7. The molecule has 0 saturated carbocycles. The molecule has 7 heteroatoms. The molecule has 2 aromatic heterocycles. The number of aromatic nitrogens is 2. The Kier molecular flexibility index (Phi) is 6.46. The lowest BCUT2D eigenvalue weighted by Crippen LogP contribution is -2.31. The molecule has 0 aromatic carbocycles. The van der Waals surface area contributed by atoms with Crippen LogP contribution in [-0.4, -0.2) is 27.3 Å². The molecule has 2 aromatic rings. The van der Waals surface area contributed by atoms with E-state index in [4.69, 9.17) is 4.98 Å². The predicted molar refractivity (Wildman–Crippen MR) is 102 cm³/mol. The summed E-state index contributed by atoms with van der Waals surface area (Å²) in [5.41, 5.74) is 1.03. The average Bonchev–Trinajstić information content (AvgIpc) is 2.82.